The molecule has 3 rings (SSSR count). The van der Waals surface area contributed by atoms with Crippen LogP contribution < -0.4 is 0 Å². The van der Waals surface area contributed by atoms with Crippen molar-refractivity contribution in [1.29, 1.82) is 0 Å². The highest BCUT2D eigenvalue weighted by Gasteiger charge is 2.54. The van der Waals surface area contributed by atoms with Crippen LogP contribution >= 0.6 is 0 Å². The second-order valence-electron chi connectivity index (χ2n) is 10.8. The number of phenols is 3. The summed E-state index contributed by atoms with van der Waals surface area (Å²) >= 11 is 0. The summed E-state index contributed by atoms with van der Waals surface area (Å²) in [6, 6.07) is 1.99. The molecule has 0 aliphatic carbocycles. The van der Waals surface area contributed by atoms with Crippen LogP contribution in [0.5, 0.6) is 17.2 Å². The third-order valence-electron chi connectivity index (χ3n) is 7.38. The Morgan fingerprint density at radius 3 is 1.92 bits per heavy atom. The standard InChI is InChI=1S/C30H44O9/c1-3-4-5-6-7-8-9-10-11-12-13-14-15-16-20(31)17-24(35)26-27-28(29(36)37-26)39-30(2,38-27)25-22(33)18-21(32)19-23(25)34/h18-19,24,26,32-35H,3-17H2,1-2H3. The number of aliphatic hydroxyl groups is 1. The van der Waals surface area contributed by atoms with Crippen LogP contribution in [0.15, 0.2) is 23.7 Å². The highest BCUT2D eigenvalue weighted by molar-refractivity contribution is 5.90. The van der Waals surface area contributed by atoms with Gasteiger partial charge in [0, 0.05) is 31.9 Å². The molecule has 0 aromatic heterocycles. The lowest BCUT2D eigenvalue weighted by atomic mass is 10.0. The van der Waals surface area contributed by atoms with Gasteiger partial charge in [-0.05, 0) is 6.42 Å². The number of unbranched alkanes of at least 4 members (excludes halogenated alkanes) is 12. The number of carbonyl (C=O) groups excluding carboxylic acids is 2. The summed E-state index contributed by atoms with van der Waals surface area (Å²) in [6.45, 7) is 3.60. The molecule has 0 saturated heterocycles. The summed E-state index contributed by atoms with van der Waals surface area (Å²) < 4.78 is 16.6. The molecule has 0 spiro atoms. The van der Waals surface area contributed by atoms with Crippen LogP contribution in [-0.2, 0) is 29.6 Å². The molecular weight excluding hydrogens is 504 g/mol. The first-order valence-electron chi connectivity index (χ1n) is 14.4. The molecule has 0 amide bonds. The molecule has 4 N–H and O–H groups in total. The Balaban J connectivity index is 1.36. The fraction of sp³-hybridized carbons (Fsp3) is 0.667. The Bertz CT molecular complexity index is 995. The quantitative estimate of drug-likeness (QED) is 0.129. The van der Waals surface area contributed by atoms with E-state index in [9.17, 15) is 30.0 Å². The van der Waals surface area contributed by atoms with E-state index in [1.807, 2.05) is 0 Å². The van der Waals surface area contributed by atoms with Gasteiger partial charge in [0.05, 0.1) is 0 Å². The maximum atomic E-state index is 12.5. The Morgan fingerprint density at radius 2 is 1.38 bits per heavy atom. The van der Waals surface area contributed by atoms with E-state index < -0.39 is 35.5 Å². The number of carbonyl (C=O) groups is 2. The molecule has 0 bridgehead atoms. The Hall–Kier alpha value is -2.94. The van der Waals surface area contributed by atoms with E-state index in [2.05, 4.69) is 6.92 Å². The lowest BCUT2D eigenvalue weighted by Gasteiger charge is -2.29. The monoisotopic (exact) mass is 548 g/mol. The van der Waals surface area contributed by atoms with E-state index in [1.54, 1.807) is 0 Å². The fourth-order valence-corrected chi connectivity index (χ4v) is 5.27. The minimum absolute atomic E-state index is 0.101. The maximum Gasteiger partial charge on any atom is 0.378 e. The van der Waals surface area contributed by atoms with Gasteiger partial charge < -0.3 is 34.6 Å². The highest BCUT2D eigenvalue weighted by Crippen LogP contribution is 2.50. The van der Waals surface area contributed by atoms with Crippen LogP contribution in [0.2, 0.25) is 0 Å². The number of aromatic hydroxyl groups is 3. The van der Waals surface area contributed by atoms with Crippen molar-refractivity contribution in [2.24, 2.45) is 0 Å². The summed E-state index contributed by atoms with van der Waals surface area (Å²) in [5, 5.41) is 40.7. The number of phenolic OH excluding ortho intramolecular Hbond substituents is 3. The molecule has 3 atom stereocenters. The summed E-state index contributed by atoms with van der Waals surface area (Å²) in [7, 11) is 0. The molecule has 3 unspecified atom stereocenters. The first-order valence-corrected chi connectivity index (χ1v) is 14.4. The molecule has 1 aromatic rings. The van der Waals surface area contributed by atoms with Crippen molar-refractivity contribution in [2.45, 2.75) is 128 Å². The van der Waals surface area contributed by atoms with Crippen molar-refractivity contribution >= 4 is 11.8 Å². The first kappa shape index (κ1) is 30.6. The van der Waals surface area contributed by atoms with Crippen LogP contribution in [-0.4, -0.2) is 44.4 Å². The van der Waals surface area contributed by atoms with Crippen LogP contribution in [0.4, 0.5) is 0 Å². The largest absolute Gasteiger partial charge is 0.508 e. The van der Waals surface area contributed by atoms with E-state index in [-0.39, 0.29) is 35.0 Å². The molecule has 39 heavy (non-hydrogen) atoms. The number of benzene rings is 1. The average Bonchev–Trinajstić information content (AvgIpc) is 3.36. The Kier molecular flexibility index (Phi) is 11.3. The smallest absolute Gasteiger partial charge is 0.378 e. The third kappa shape index (κ3) is 8.27. The van der Waals surface area contributed by atoms with Gasteiger partial charge in [-0.3, -0.25) is 4.79 Å². The van der Waals surface area contributed by atoms with Gasteiger partial charge in [0.1, 0.15) is 34.7 Å². The van der Waals surface area contributed by atoms with E-state index in [0.29, 0.717) is 6.42 Å². The van der Waals surface area contributed by atoms with Crippen LogP contribution in [0.25, 0.3) is 0 Å². The number of cyclic esters (lactones) is 1. The van der Waals surface area contributed by atoms with Crippen LogP contribution in [0.1, 0.15) is 116 Å². The van der Waals surface area contributed by atoms with Gasteiger partial charge >= 0.3 is 5.97 Å². The zero-order valence-corrected chi connectivity index (χ0v) is 23.2. The summed E-state index contributed by atoms with van der Waals surface area (Å²) in [5.74, 6) is -4.59. The second kappa shape index (κ2) is 14.4. The lowest BCUT2D eigenvalue weighted by Crippen LogP contribution is -2.35. The molecule has 2 aliphatic heterocycles. The van der Waals surface area contributed by atoms with Gasteiger partial charge in [-0.1, -0.05) is 84.0 Å². The van der Waals surface area contributed by atoms with Crippen molar-refractivity contribution in [3.05, 3.63) is 29.2 Å². The molecule has 9 nitrogen and oxygen atoms in total. The number of esters is 1. The van der Waals surface area contributed by atoms with Gasteiger partial charge in [-0.15, -0.1) is 0 Å². The second-order valence-corrected chi connectivity index (χ2v) is 10.8. The van der Waals surface area contributed by atoms with E-state index in [4.69, 9.17) is 14.2 Å². The molecule has 2 aliphatic rings. The molecule has 218 valence electrons. The zero-order chi connectivity index (χ0) is 28.4. The van der Waals surface area contributed by atoms with Gasteiger partial charge in [0.2, 0.25) is 0 Å². The number of aliphatic hydroxyl groups excluding tert-OH is 1. The normalized spacial score (nSPS) is 20.9. The predicted molar refractivity (Wildman–Crippen MR) is 144 cm³/mol. The topological polar surface area (TPSA) is 143 Å². The molecule has 1 aromatic carbocycles. The van der Waals surface area contributed by atoms with Crippen molar-refractivity contribution in [2.75, 3.05) is 0 Å². The van der Waals surface area contributed by atoms with Crippen molar-refractivity contribution in [1.82, 2.24) is 0 Å². The molecule has 2 heterocycles. The van der Waals surface area contributed by atoms with Gasteiger partial charge in [-0.2, -0.15) is 0 Å². The number of Topliss-reactive ketones (excluding diaryl/α,β-unsaturated/α-hetero) is 1. The minimum Gasteiger partial charge on any atom is -0.508 e. The Morgan fingerprint density at radius 1 is 0.872 bits per heavy atom. The minimum atomic E-state index is -1.80. The number of rotatable bonds is 18. The number of ketones is 1. The summed E-state index contributed by atoms with van der Waals surface area (Å²) in [6.07, 6.45) is 13.3. The molecule has 9 heteroatoms. The Labute approximate surface area is 230 Å². The van der Waals surface area contributed by atoms with Crippen molar-refractivity contribution in [3.63, 3.8) is 0 Å². The number of hydrogen-bond acceptors (Lipinski definition) is 9. The SMILES string of the molecule is CCCCCCCCCCCCCCCC(=O)CC(O)C1OC(=O)C2=C1OC(C)(c1c(O)cc(O)cc1O)O2. The zero-order valence-electron chi connectivity index (χ0n) is 23.2. The van der Waals surface area contributed by atoms with Gasteiger partial charge in [0.15, 0.2) is 11.9 Å². The highest BCUT2D eigenvalue weighted by atomic mass is 16.8. The van der Waals surface area contributed by atoms with Gasteiger partial charge in [-0.25, -0.2) is 4.79 Å². The predicted octanol–water partition coefficient (Wildman–Crippen LogP) is 5.96. The third-order valence-corrected chi connectivity index (χ3v) is 7.38. The van der Waals surface area contributed by atoms with E-state index >= 15 is 0 Å². The fourth-order valence-electron chi connectivity index (χ4n) is 5.27. The number of hydrogen-bond donors (Lipinski definition) is 4. The molecule has 0 radical (unpaired) electrons. The number of ether oxygens (including phenoxy) is 3. The van der Waals surface area contributed by atoms with Gasteiger partial charge in [0.25, 0.3) is 11.5 Å². The van der Waals surface area contributed by atoms with Crippen molar-refractivity contribution in [3.8, 4) is 17.2 Å². The lowest BCUT2D eigenvalue weighted by molar-refractivity contribution is -0.188. The van der Waals surface area contributed by atoms with Crippen LogP contribution in [0.3, 0.4) is 0 Å². The van der Waals surface area contributed by atoms with E-state index in [1.165, 1.54) is 71.1 Å². The maximum absolute atomic E-state index is 12.5. The summed E-state index contributed by atoms with van der Waals surface area (Å²) in [4.78, 5) is 24.8. The molecule has 0 saturated carbocycles. The van der Waals surface area contributed by atoms with E-state index in [0.717, 1.165) is 31.4 Å². The first-order chi connectivity index (χ1) is 18.7. The average molecular weight is 549 g/mol. The van der Waals surface area contributed by atoms with Crippen molar-refractivity contribution < 1.29 is 44.2 Å². The summed E-state index contributed by atoms with van der Waals surface area (Å²) in [5.41, 5.74) is -0.200. The molecular formula is C30H44O9. The molecule has 0 fully saturated rings. The van der Waals surface area contributed by atoms with Crippen LogP contribution in [0, 0.1) is 0 Å².